The van der Waals surface area contributed by atoms with Crippen LogP contribution in [-0.4, -0.2) is 29.6 Å². The summed E-state index contributed by atoms with van der Waals surface area (Å²) in [4.78, 5) is 5.02. The van der Waals surface area contributed by atoms with Crippen LogP contribution in [0.5, 0.6) is 0 Å². The molecule has 27 heavy (non-hydrogen) atoms. The average Bonchev–Trinajstić information content (AvgIpc) is 3.02. The lowest BCUT2D eigenvalue weighted by atomic mass is 10.1. The van der Waals surface area contributed by atoms with Crippen LogP contribution in [0, 0.1) is 0 Å². The van der Waals surface area contributed by atoms with Crippen LogP contribution in [0.25, 0.3) is 0 Å². The highest BCUT2D eigenvalue weighted by molar-refractivity contribution is 4.95. The molecule has 2 nitrogen and oxygen atoms in total. The molecule has 1 unspecified atom stereocenters. The van der Waals surface area contributed by atoms with Gasteiger partial charge in [0, 0.05) is 26.0 Å². The highest BCUT2D eigenvalue weighted by Gasteiger charge is 2.22. The second kappa shape index (κ2) is 17.4. The zero-order valence-corrected chi connectivity index (χ0v) is 19.1. The van der Waals surface area contributed by atoms with E-state index in [4.69, 9.17) is 0 Å². The molecule has 0 N–H and O–H groups in total. The van der Waals surface area contributed by atoms with Crippen molar-refractivity contribution in [2.24, 2.45) is 0 Å². The number of unbranched alkanes of at least 4 members (excludes halogenated alkanes) is 15. The summed E-state index contributed by atoms with van der Waals surface area (Å²) in [6.07, 6.45) is 30.7. The molecule has 1 atom stereocenters. The Balaban J connectivity index is 1.97. The lowest BCUT2D eigenvalue weighted by Crippen LogP contribution is -2.37. The maximum atomic E-state index is 2.60. The average molecular weight is 379 g/mol. The Morgan fingerprint density at radius 2 is 1.00 bits per heavy atom. The zero-order chi connectivity index (χ0) is 19.6. The first-order chi connectivity index (χ1) is 13.3. The summed E-state index contributed by atoms with van der Waals surface area (Å²) >= 11 is 0. The normalized spacial score (nSPS) is 16.6. The van der Waals surface area contributed by atoms with Crippen molar-refractivity contribution in [3.8, 4) is 0 Å². The summed E-state index contributed by atoms with van der Waals surface area (Å²) < 4.78 is 0. The molecule has 0 fully saturated rings. The van der Waals surface area contributed by atoms with Gasteiger partial charge in [-0.1, -0.05) is 110 Å². The van der Waals surface area contributed by atoms with Gasteiger partial charge in [-0.05, 0) is 19.3 Å². The summed E-state index contributed by atoms with van der Waals surface area (Å²) in [5.41, 5.74) is 0. The largest absolute Gasteiger partial charge is 0.359 e. The van der Waals surface area contributed by atoms with Gasteiger partial charge in [-0.25, -0.2) is 0 Å². The van der Waals surface area contributed by atoms with Crippen molar-refractivity contribution in [1.29, 1.82) is 0 Å². The first kappa shape index (κ1) is 24.4. The van der Waals surface area contributed by atoms with Crippen molar-refractivity contribution in [3.05, 3.63) is 12.4 Å². The molecule has 1 rings (SSSR count). The fourth-order valence-electron chi connectivity index (χ4n) is 4.28. The second-order valence-electron chi connectivity index (χ2n) is 8.77. The summed E-state index contributed by atoms with van der Waals surface area (Å²) in [6.45, 7) is 5.84. The van der Waals surface area contributed by atoms with Crippen LogP contribution >= 0.6 is 0 Å². The van der Waals surface area contributed by atoms with E-state index in [-0.39, 0.29) is 0 Å². The number of rotatable bonds is 19. The van der Waals surface area contributed by atoms with E-state index in [9.17, 15) is 0 Å². The predicted molar refractivity (Wildman–Crippen MR) is 122 cm³/mol. The van der Waals surface area contributed by atoms with Gasteiger partial charge in [0.2, 0.25) is 0 Å². The van der Waals surface area contributed by atoms with E-state index in [1.54, 1.807) is 0 Å². The molecular weight excluding hydrogens is 328 g/mol. The lowest BCUT2D eigenvalue weighted by Gasteiger charge is -2.30. The smallest absolute Gasteiger partial charge is 0.100 e. The van der Waals surface area contributed by atoms with Crippen LogP contribution in [0.15, 0.2) is 12.4 Å². The Morgan fingerprint density at radius 3 is 1.52 bits per heavy atom. The Morgan fingerprint density at radius 1 is 0.556 bits per heavy atom. The molecular formula is C25H50N2. The van der Waals surface area contributed by atoms with E-state index in [1.165, 1.54) is 122 Å². The second-order valence-corrected chi connectivity index (χ2v) is 8.77. The van der Waals surface area contributed by atoms with Gasteiger partial charge in [-0.15, -0.1) is 0 Å². The first-order valence-electron chi connectivity index (χ1n) is 12.5. The van der Waals surface area contributed by atoms with Gasteiger partial charge >= 0.3 is 0 Å². The van der Waals surface area contributed by atoms with Crippen molar-refractivity contribution in [1.82, 2.24) is 9.80 Å². The Kier molecular flexibility index (Phi) is 15.7. The van der Waals surface area contributed by atoms with Gasteiger partial charge in [0.15, 0.2) is 0 Å². The van der Waals surface area contributed by atoms with Crippen molar-refractivity contribution in [2.45, 2.75) is 136 Å². The number of hydrogen-bond donors (Lipinski definition) is 0. The van der Waals surface area contributed by atoms with E-state index < -0.39 is 0 Å². The molecule has 0 saturated heterocycles. The van der Waals surface area contributed by atoms with Gasteiger partial charge in [0.05, 0.1) is 0 Å². The molecule has 0 aromatic heterocycles. The maximum absolute atomic E-state index is 2.60. The zero-order valence-electron chi connectivity index (χ0n) is 19.1. The highest BCUT2D eigenvalue weighted by Crippen LogP contribution is 2.21. The predicted octanol–water partition coefficient (Wildman–Crippen LogP) is 8.09. The molecule has 0 aromatic carbocycles. The van der Waals surface area contributed by atoms with Crippen LogP contribution in [0.3, 0.4) is 0 Å². The van der Waals surface area contributed by atoms with Crippen LogP contribution in [0.1, 0.15) is 129 Å². The number of hydrogen-bond acceptors (Lipinski definition) is 2. The standard InChI is InChI=1S/C25H50N2/c1-4-6-8-10-12-13-14-15-16-18-20-22-27-24-23-26(3)25(27)21-19-17-11-9-7-5-2/h23-25H,4-22H2,1-3H3. The highest BCUT2D eigenvalue weighted by atomic mass is 15.4. The van der Waals surface area contributed by atoms with Crippen molar-refractivity contribution in [2.75, 3.05) is 13.6 Å². The van der Waals surface area contributed by atoms with E-state index in [2.05, 4.69) is 43.1 Å². The molecule has 0 spiro atoms. The van der Waals surface area contributed by atoms with Crippen molar-refractivity contribution >= 4 is 0 Å². The van der Waals surface area contributed by atoms with E-state index >= 15 is 0 Å². The molecule has 0 amide bonds. The Labute approximate surface area is 171 Å². The Hall–Kier alpha value is -0.660. The maximum Gasteiger partial charge on any atom is 0.100 e. The SMILES string of the molecule is CCCCCCCCCCCCCN1C=CN(C)C1CCCCCCCC. The van der Waals surface area contributed by atoms with Gasteiger partial charge in [0.25, 0.3) is 0 Å². The van der Waals surface area contributed by atoms with Gasteiger partial charge in [-0.2, -0.15) is 0 Å². The molecule has 1 aliphatic heterocycles. The first-order valence-corrected chi connectivity index (χ1v) is 12.5. The summed E-state index contributed by atoms with van der Waals surface area (Å²) in [5.74, 6) is 0. The number of nitrogens with zero attached hydrogens (tertiary/aromatic N) is 2. The fraction of sp³-hybridized carbons (Fsp3) is 0.920. The van der Waals surface area contributed by atoms with E-state index in [0.717, 1.165) is 0 Å². The van der Waals surface area contributed by atoms with Gasteiger partial charge < -0.3 is 9.80 Å². The minimum Gasteiger partial charge on any atom is -0.359 e. The van der Waals surface area contributed by atoms with E-state index in [0.29, 0.717) is 6.17 Å². The summed E-state index contributed by atoms with van der Waals surface area (Å²) in [6, 6.07) is 0. The minimum atomic E-state index is 0.624. The van der Waals surface area contributed by atoms with Gasteiger partial charge in [-0.3, -0.25) is 0 Å². The topological polar surface area (TPSA) is 6.48 Å². The fourth-order valence-corrected chi connectivity index (χ4v) is 4.28. The molecule has 0 aromatic rings. The molecule has 1 aliphatic rings. The monoisotopic (exact) mass is 378 g/mol. The van der Waals surface area contributed by atoms with Crippen molar-refractivity contribution in [3.63, 3.8) is 0 Å². The third-order valence-corrected chi connectivity index (χ3v) is 6.18. The summed E-state index contributed by atoms with van der Waals surface area (Å²) in [5, 5.41) is 0. The molecule has 160 valence electrons. The third-order valence-electron chi connectivity index (χ3n) is 6.18. The van der Waals surface area contributed by atoms with Crippen LogP contribution in [-0.2, 0) is 0 Å². The molecule has 0 saturated carbocycles. The molecule has 0 aliphatic carbocycles. The van der Waals surface area contributed by atoms with E-state index in [1.807, 2.05) is 0 Å². The molecule has 2 heteroatoms. The third kappa shape index (κ3) is 12.4. The van der Waals surface area contributed by atoms with Crippen LogP contribution in [0.4, 0.5) is 0 Å². The molecule has 0 bridgehead atoms. The van der Waals surface area contributed by atoms with Crippen LogP contribution in [0.2, 0.25) is 0 Å². The molecule has 0 radical (unpaired) electrons. The Bertz CT molecular complexity index is 339. The minimum absolute atomic E-state index is 0.624. The van der Waals surface area contributed by atoms with Crippen molar-refractivity contribution < 1.29 is 0 Å². The molecule has 1 heterocycles. The van der Waals surface area contributed by atoms with Crippen LogP contribution < -0.4 is 0 Å². The lowest BCUT2D eigenvalue weighted by molar-refractivity contribution is 0.159. The quantitative estimate of drug-likeness (QED) is 0.209. The van der Waals surface area contributed by atoms with Gasteiger partial charge in [0.1, 0.15) is 6.17 Å². The summed E-state index contributed by atoms with van der Waals surface area (Å²) in [7, 11) is 2.25.